The molecule has 2 aromatic rings. The van der Waals surface area contributed by atoms with E-state index in [-0.39, 0.29) is 13.1 Å². The number of hydrogen-bond donors (Lipinski definition) is 1. The van der Waals surface area contributed by atoms with Crippen LogP contribution in [0.3, 0.4) is 0 Å². The van der Waals surface area contributed by atoms with Crippen LogP contribution in [0.5, 0.6) is 11.5 Å². The molecular formula is C19H24N2O5S. The van der Waals surface area contributed by atoms with Crippen molar-refractivity contribution in [2.75, 3.05) is 32.3 Å². The lowest BCUT2D eigenvalue weighted by atomic mass is 10.2. The van der Waals surface area contributed by atoms with Gasteiger partial charge in [-0.25, -0.2) is 8.42 Å². The zero-order valence-electron chi connectivity index (χ0n) is 15.9. The molecule has 0 heterocycles. The molecule has 8 heteroatoms. The molecule has 146 valence electrons. The molecule has 1 N–H and O–H groups in total. The Labute approximate surface area is 160 Å². The monoisotopic (exact) mass is 392 g/mol. The van der Waals surface area contributed by atoms with Crippen LogP contribution in [0, 0.1) is 6.92 Å². The van der Waals surface area contributed by atoms with E-state index >= 15 is 0 Å². The summed E-state index contributed by atoms with van der Waals surface area (Å²) >= 11 is 0. The number of nitrogens with zero attached hydrogens (tertiary/aromatic N) is 1. The molecule has 0 saturated heterocycles. The van der Waals surface area contributed by atoms with E-state index in [1.807, 2.05) is 13.0 Å². The van der Waals surface area contributed by atoms with Gasteiger partial charge in [0.2, 0.25) is 15.9 Å². The van der Waals surface area contributed by atoms with Crippen LogP contribution < -0.4 is 14.8 Å². The van der Waals surface area contributed by atoms with E-state index < -0.39 is 15.9 Å². The standard InChI is InChI=1S/C19H24N2O5S/c1-14-5-10-18(26-3)17(11-14)20-19(22)13-21(27(4,23)24)12-15-6-8-16(25-2)9-7-15/h5-11H,12-13H2,1-4H3,(H,20,22). The molecular weight excluding hydrogens is 368 g/mol. The van der Waals surface area contributed by atoms with Crippen LogP contribution in [0.15, 0.2) is 42.5 Å². The van der Waals surface area contributed by atoms with Gasteiger partial charge in [0.1, 0.15) is 11.5 Å². The van der Waals surface area contributed by atoms with Gasteiger partial charge >= 0.3 is 0 Å². The van der Waals surface area contributed by atoms with Crippen LogP contribution >= 0.6 is 0 Å². The Balaban J connectivity index is 2.13. The zero-order chi connectivity index (χ0) is 20.0. The van der Waals surface area contributed by atoms with Crippen LogP contribution in [-0.2, 0) is 21.4 Å². The number of ether oxygens (including phenoxy) is 2. The SMILES string of the molecule is COc1ccc(CN(CC(=O)Nc2cc(C)ccc2OC)S(C)(=O)=O)cc1. The van der Waals surface area contributed by atoms with E-state index in [1.165, 1.54) is 7.11 Å². The molecule has 2 rings (SSSR count). The minimum atomic E-state index is -3.58. The van der Waals surface area contributed by atoms with E-state index in [4.69, 9.17) is 9.47 Å². The molecule has 0 bridgehead atoms. The number of amides is 1. The summed E-state index contributed by atoms with van der Waals surface area (Å²) in [5, 5.41) is 2.72. The van der Waals surface area contributed by atoms with Gasteiger partial charge in [0.05, 0.1) is 32.7 Å². The molecule has 0 aliphatic heterocycles. The van der Waals surface area contributed by atoms with Gasteiger partial charge in [0, 0.05) is 6.54 Å². The van der Waals surface area contributed by atoms with Crippen molar-refractivity contribution in [2.24, 2.45) is 0 Å². The van der Waals surface area contributed by atoms with Gasteiger partial charge in [-0.3, -0.25) is 4.79 Å². The second kappa shape index (κ2) is 8.88. The molecule has 0 saturated carbocycles. The Morgan fingerprint density at radius 2 is 1.74 bits per heavy atom. The maximum Gasteiger partial charge on any atom is 0.239 e. The first-order valence-corrected chi connectivity index (χ1v) is 10.1. The zero-order valence-corrected chi connectivity index (χ0v) is 16.7. The third kappa shape index (κ3) is 5.97. The third-order valence-electron chi connectivity index (χ3n) is 3.94. The van der Waals surface area contributed by atoms with E-state index in [2.05, 4.69) is 5.32 Å². The lowest BCUT2D eigenvalue weighted by molar-refractivity contribution is -0.116. The Kier molecular flexibility index (Phi) is 6.81. The highest BCUT2D eigenvalue weighted by atomic mass is 32.2. The molecule has 0 aromatic heterocycles. The van der Waals surface area contributed by atoms with Crippen LogP contribution in [0.1, 0.15) is 11.1 Å². The highest BCUT2D eigenvalue weighted by Gasteiger charge is 2.21. The predicted molar refractivity (Wildman–Crippen MR) is 105 cm³/mol. The summed E-state index contributed by atoms with van der Waals surface area (Å²) in [5.41, 5.74) is 2.20. The average molecular weight is 392 g/mol. The molecule has 27 heavy (non-hydrogen) atoms. The van der Waals surface area contributed by atoms with Gasteiger partial charge in [-0.15, -0.1) is 0 Å². The van der Waals surface area contributed by atoms with Gasteiger partial charge in [-0.2, -0.15) is 4.31 Å². The first-order valence-electron chi connectivity index (χ1n) is 8.25. The number of carbonyl (C=O) groups is 1. The minimum Gasteiger partial charge on any atom is -0.497 e. The van der Waals surface area contributed by atoms with Crippen LogP contribution in [0.4, 0.5) is 5.69 Å². The number of sulfonamides is 1. The Morgan fingerprint density at radius 3 is 2.30 bits per heavy atom. The van der Waals surface area contributed by atoms with Crippen molar-refractivity contribution in [1.82, 2.24) is 4.31 Å². The van der Waals surface area contributed by atoms with Gasteiger partial charge in [-0.1, -0.05) is 18.2 Å². The minimum absolute atomic E-state index is 0.0845. The lowest BCUT2D eigenvalue weighted by Gasteiger charge is -2.20. The molecule has 7 nitrogen and oxygen atoms in total. The first kappa shape index (κ1) is 20.7. The third-order valence-corrected chi connectivity index (χ3v) is 5.13. The van der Waals surface area contributed by atoms with Crippen molar-refractivity contribution in [3.05, 3.63) is 53.6 Å². The second-order valence-electron chi connectivity index (χ2n) is 6.13. The summed E-state index contributed by atoms with van der Waals surface area (Å²) < 4.78 is 35.7. The summed E-state index contributed by atoms with van der Waals surface area (Å²) in [7, 11) is -0.516. The molecule has 0 aliphatic carbocycles. The number of aryl methyl sites for hydroxylation is 1. The van der Waals surface area contributed by atoms with Gasteiger partial charge < -0.3 is 14.8 Å². The first-order chi connectivity index (χ1) is 12.7. The fourth-order valence-electron chi connectivity index (χ4n) is 2.49. The molecule has 0 aliphatic rings. The maximum atomic E-state index is 12.4. The molecule has 0 fully saturated rings. The van der Waals surface area contributed by atoms with Crippen molar-refractivity contribution in [3.8, 4) is 11.5 Å². The largest absolute Gasteiger partial charge is 0.497 e. The smallest absolute Gasteiger partial charge is 0.239 e. The van der Waals surface area contributed by atoms with Gasteiger partial charge in [0.25, 0.3) is 0 Å². The normalized spacial score (nSPS) is 11.3. The number of rotatable bonds is 8. The Bertz CT molecular complexity index is 895. The van der Waals surface area contributed by atoms with Gasteiger partial charge in [0.15, 0.2) is 0 Å². The maximum absolute atomic E-state index is 12.4. The number of methoxy groups -OCH3 is 2. The number of benzene rings is 2. The van der Waals surface area contributed by atoms with Gasteiger partial charge in [-0.05, 0) is 42.3 Å². The molecule has 0 atom stereocenters. The predicted octanol–water partition coefficient (Wildman–Crippen LogP) is 2.41. The van der Waals surface area contributed by atoms with Crippen LogP contribution in [0.2, 0.25) is 0 Å². The summed E-state index contributed by atoms with van der Waals surface area (Å²) in [4.78, 5) is 12.4. The summed E-state index contributed by atoms with van der Waals surface area (Å²) in [6.07, 6.45) is 1.08. The van der Waals surface area contributed by atoms with E-state index in [9.17, 15) is 13.2 Å². The molecule has 1 amide bonds. The number of anilines is 1. The lowest BCUT2D eigenvalue weighted by Crippen LogP contribution is -2.36. The van der Waals surface area contributed by atoms with Crippen molar-refractivity contribution >= 4 is 21.6 Å². The topological polar surface area (TPSA) is 84.9 Å². The molecule has 0 radical (unpaired) electrons. The molecule has 0 unspecified atom stereocenters. The van der Waals surface area contributed by atoms with Crippen molar-refractivity contribution in [2.45, 2.75) is 13.5 Å². The summed E-state index contributed by atoms with van der Waals surface area (Å²) in [6.45, 7) is 1.67. The quantitative estimate of drug-likeness (QED) is 0.746. The number of carbonyl (C=O) groups excluding carboxylic acids is 1. The van der Waals surface area contributed by atoms with Crippen LogP contribution in [0.25, 0.3) is 0 Å². The summed E-state index contributed by atoms with van der Waals surface area (Å²) in [6, 6.07) is 12.4. The fourth-order valence-corrected chi connectivity index (χ4v) is 3.23. The Hall–Kier alpha value is -2.58. The number of nitrogens with one attached hydrogen (secondary N) is 1. The second-order valence-corrected chi connectivity index (χ2v) is 8.11. The molecule has 2 aromatic carbocycles. The van der Waals surface area contributed by atoms with E-state index in [1.54, 1.807) is 43.5 Å². The van der Waals surface area contributed by atoms with E-state index in [0.29, 0.717) is 17.2 Å². The van der Waals surface area contributed by atoms with Crippen molar-refractivity contribution < 1.29 is 22.7 Å². The Morgan fingerprint density at radius 1 is 1.07 bits per heavy atom. The summed E-state index contributed by atoms with van der Waals surface area (Å²) in [5.74, 6) is 0.738. The number of hydrogen-bond acceptors (Lipinski definition) is 5. The van der Waals surface area contributed by atoms with E-state index in [0.717, 1.165) is 21.7 Å². The average Bonchev–Trinajstić information content (AvgIpc) is 2.61. The van der Waals surface area contributed by atoms with Crippen molar-refractivity contribution in [3.63, 3.8) is 0 Å². The fraction of sp³-hybridized carbons (Fsp3) is 0.316. The highest BCUT2D eigenvalue weighted by molar-refractivity contribution is 7.88. The van der Waals surface area contributed by atoms with Crippen LogP contribution in [-0.4, -0.2) is 45.7 Å². The highest BCUT2D eigenvalue weighted by Crippen LogP contribution is 2.25. The van der Waals surface area contributed by atoms with Crippen molar-refractivity contribution in [1.29, 1.82) is 0 Å². The molecule has 0 spiro atoms.